The molecule has 3 rings (SSSR count). The first kappa shape index (κ1) is 9.60. The molecular formula is C13H8BrNO. The van der Waals surface area contributed by atoms with E-state index >= 15 is 0 Å². The van der Waals surface area contributed by atoms with Gasteiger partial charge in [0.2, 0.25) is 0 Å². The lowest BCUT2D eigenvalue weighted by atomic mass is 10.1. The van der Waals surface area contributed by atoms with Crippen LogP contribution in [0.2, 0.25) is 0 Å². The van der Waals surface area contributed by atoms with Gasteiger partial charge in [0.05, 0.1) is 0 Å². The van der Waals surface area contributed by atoms with Crippen LogP contribution in [0.25, 0.3) is 22.2 Å². The number of benzene rings is 2. The van der Waals surface area contributed by atoms with Gasteiger partial charge in [0.15, 0.2) is 5.58 Å². The highest BCUT2D eigenvalue weighted by atomic mass is 79.9. The number of halogens is 1. The molecule has 0 saturated heterocycles. The van der Waals surface area contributed by atoms with Crippen LogP contribution in [-0.2, 0) is 0 Å². The average molecular weight is 274 g/mol. The highest BCUT2D eigenvalue weighted by Crippen LogP contribution is 2.28. The predicted molar refractivity (Wildman–Crippen MR) is 67.1 cm³/mol. The molecule has 0 bridgehead atoms. The highest BCUT2D eigenvalue weighted by Gasteiger charge is 2.08. The van der Waals surface area contributed by atoms with Gasteiger partial charge in [0.25, 0.3) is 0 Å². The number of fused-ring (bicyclic) bond motifs is 1. The molecular weight excluding hydrogens is 266 g/mol. The molecule has 2 aromatic carbocycles. The number of aromatic nitrogens is 1. The van der Waals surface area contributed by atoms with Crippen molar-refractivity contribution in [1.29, 1.82) is 0 Å². The van der Waals surface area contributed by atoms with Crippen molar-refractivity contribution in [3.63, 3.8) is 0 Å². The van der Waals surface area contributed by atoms with Gasteiger partial charge in [-0.05, 0) is 24.3 Å². The van der Waals surface area contributed by atoms with Crippen LogP contribution in [0, 0.1) is 0 Å². The molecule has 0 radical (unpaired) electrons. The maximum Gasteiger partial charge on any atom is 0.167 e. The quantitative estimate of drug-likeness (QED) is 0.662. The Hall–Kier alpha value is -1.61. The topological polar surface area (TPSA) is 26.0 Å². The molecule has 0 spiro atoms. The highest BCUT2D eigenvalue weighted by molar-refractivity contribution is 9.10. The van der Waals surface area contributed by atoms with Crippen molar-refractivity contribution >= 4 is 26.9 Å². The van der Waals surface area contributed by atoms with Gasteiger partial charge in [0.1, 0.15) is 5.69 Å². The summed E-state index contributed by atoms with van der Waals surface area (Å²) in [6, 6.07) is 15.9. The van der Waals surface area contributed by atoms with Crippen molar-refractivity contribution in [2.24, 2.45) is 0 Å². The summed E-state index contributed by atoms with van der Waals surface area (Å²) in [6.45, 7) is 0. The Morgan fingerprint density at radius 1 is 0.938 bits per heavy atom. The van der Waals surface area contributed by atoms with Crippen molar-refractivity contribution in [3.8, 4) is 11.3 Å². The Kier molecular flexibility index (Phi) is 2.26. The van der Waals surface area contributed by atoms with Crippen molar-refractivity contribution in [2.75, 3.05) is 0 Å². The van der Waals surface area contributed by atoms with Crippen molar-refractivity contribution in [3.05, 3.63) is 53.0 Å². The summed E-state index contributed by atoms with van der Waals surface area (Å²) in [7, 11) is 0. The molecule has 3 aromatic rings. The predicted octanol–water partition coefficient (Wildman–Crippen LogP) is 4.26. The SMILES string of the molecule is Brc1ccc(-c2noc3ccccc23)cc1. The van der Waals surface area contributed by atoms with Gasteiger partial charge in [-0.2, -0.15) is 0 Å². The maximum atomic E-state index is 5.27. The lowest BCUT2D eigenvalue weighted by Crippen LogP contribution is -1.77. The van der Waals surface area contributed by atoms with E-state index in [0.29, 0.717) is 0 Å². The molecule has 0 aliphatic rings. The molecule has 0 atom stereocenters. The molecule has 0 fully saturated rings. The van der Waals surface area contributed by atoms with Crippen LogP contribution in [0.3, 0.4) is 0 Å². The Labute approximate surface area is 101 Å². The average Bonchev–Trinajstić information content (AvgIpc) is 2.74. The minimum absolute atomic E-state index is 0.820. The zero-order valence-corrected chi connectivity index (χ0v) is 9.94. The smallest absolute Gasteiger partial charge is 0.167 e. The van der Waals surface area contributed by atoms with E-state index in [4.69, 9.17) is 4.52 Å². The Bertz CT molecular complexity index is 628. The second-order valence-corrected chi connectivity index (χ2v) is 4.45. The standard InChI is InChI=1S/C13H8BrNO/c14-10-7-5-9(6-8-10)13-11-3-1-2-4-12(11)16-15-13/h1-8H. The second kappa shape index (κ2) is 3.76. The summed E-state index contributed by atoms with van der Waals surface area (Å²) in [5.41, 5.74) is 2.77. The van der Waals surface area contributed by atoms with Crippen LogP contribution in [0.5, 0.6) is 0 Å². The van der Waals surface area contributed by atoms with E-state index in [1.165, 1.54) is 0 Å². The largest absolute Gasteiger partial charge is 0.356 e. The van der Waals surface area contributed by atoms with E-state index in [0.717, 1.165) is 26.7 Å². The number of rotatable bonds is 1. The van der Waals surface area contributed by atoms with Gasteiger partial charge in [0, 0.05) is 15.4 Å². The van der Waals surface area contributed by atoms with E-state index in [1.807, 2.05) is 48.5 Å². The Morgan fingerprint density at radius 3 is 2.50 bits per heavy atom. The molecule has 0 aliphatic heterocycles. The van der Waals surface area contributed by atoms with Crippen LogP contribution < -0.4 is 0 Å². The maximum absolute atomic E-state index is 5.27. The monoisotopic (exact) mass is 273 g/mol. The van der Waals surface area contributed by atoms with E-state index in [-0.39, 0.29) is 0 Å². The number of hydrogen-bond donors (Lipinski definition) is 0. The van der Waals surface area contributed by atoms with Crippen LogP contribution in [-0.4, -0.2) is 5.16 Å². The van der Waals surface area contributed by atoms with Gasteiger partial charge in [-0.1, -0.05) is 45.4 Å². The van der Waals surface area contributed by atoms with E-state index < -0.39 is 0 Å². The summed E-state index contributed by atoms with van der Waals surface area (Å²) in [4.78, 5) is 0. The Balaban J connectivity index is 2.22. The number of hydrogen-bond acceptors (Lipinski definition) is 2. The van der Waals surface area contributed by atoms with Crippen molar-refractivity contribution in [1.82, 2.24) is 5.16 Å². The fourth-order valence-corrected chi connectivity index (χ4v) is 1.97. The minimum Gasteiger partial charge on any atom is -0.356 e. The van der Waals surface area contributed by atoms with Gasteiger partial charge < -0.3 is 4.52 Å². The fourth-order valence-electron chi connectivity index (χ4n) is 1.70. The first-order chi connectivity index (χ1) is 7.84. The zero-order valence-electron chi connectivity index (χ0n) is 8.35. The zero-order chi connectivity index (χ0) is 11.0. The summed E-state index contributed by atoms with van der Waals surface area (Å²) in [5.74, 6) is 0. The summed E-state index contributed by atoms with van der Waals surface area (Å²) in [6.07, 6.45) is 0. The molecule has 0 unspecified atom stereocenters. The number of para-hydroxylation sites is 1. The summed E-state index contributed by atoms with van der Waals surface area (Å²) in [5, 5.41) is 5.15. The first-order valence-corrected chi connectivity index (χ1v) is 5.74. The third-order valence-electron chi connectivity index (χ3n) is 2.50. The van der Waals surface area contributed by atoms with Crippen LogP contribution >= 0.6 is 15.9 Å². The van der Waals surface area contributed by atoms with Gasteiger partial charge in [-0.3, -0.25) is 0 Å². The lowest BCUT2D eigenvalue weighted by molar-refractivity contribution is 0.459. The molecule has 2 nitrogen and oxygen atoms in total. The number of nitrogens with zero attached hydrogens (tertiary/aromatic N) is 1. The molecule has 0 N–H and O–H groups in total. The molecule has 16 heavy (non-hydrogen) atoms. The van der Waals surface area contributed by atoms with Gasteiger partial charge in [-0.15, -0.1) is 0 Å². The molecule has 0 saturated carbocycles. The molecule has 0 aliphatic carbocycles. The molecule has 3 heteroatoms. The third-order valence-corrected chi connectivity index (χ3v) is 3.02. The van der Waals surface area contributed by atoms with Crippen LogP contribution in [0.1, 0.15) is 0 Å². The van der Waals surface area contributed by atoms with E-state index in [1.54, 1.807) is 0 Å². The minimum atomic E-state index is 0.820. The normalized spacial score (nSPS) is 10.8. The van der Waals surface area contributed by atoms with Crippen LogP contribution in [0.15, 0.2) is 57.5 Å². The molecule has 0 amide bonds. The van der Waals surface area contributed by atoms with E-state index in [9.17, 15) is 0 Å². The fraction of sp³-hybridized carbons (Fsp3) is 0. The summed E-state index contributed by atoms with van der Waals surface area (Å²) >= 11 is 3.41. The van der Waals surface area contributed by atoms with Gasteiger partial charge >= 0.3 is 0 Å². The molecule has 78 valence electrons. The first-order valence-electron chi connectivity index (χ1n) is 4.95. The molecule has 1 aromatic heterocycles. The van der Waals surface area contributed by atoms with Crippen molar-refractivity contribution < 1.29 is 4.52 Å². The third kappa shape index (κ3) is 1.53. The lowest BCUT2D eigenvalue weighted by Gasteiger charge is -1.96. The van der Waals surface area contributed by atoms with E-state index in [2.05, 4.69) is 21.1 Å². The summed E-state index contributed by atoms with van der Waals surface area (Å²) < 4.78 is 6.33. The Morgan fingerprint density at radius 2 is 1.69 bits per heavy atom. The van der Waals surface area contributed by atoms with Crippen LogP contribution in [0.4, 0.5) is 0 Å². The second-order valence-electron chi connectivity index (χ2n) is 3.53. The van der Waals surface area contributed by atoms with Crippen molar-refractivity contribution in [2.45, 2.75) is 0 Å². The van der Waals surface area contributed by atoms with Gasteiger partial charge in [-0.25, -0.2) is 0 Å². The molecule has 1 heterocycles.